The Hall–Kier alpha value is -1.26. The monoisotopic (exact) mass is 222 g/mol. The van der Waals surface area contributed by atoms with Crippen LogP contribution in [0.5, 0.6) is 0 Å². The molecule has 0 saturated carbocycles. The molecule has 2 aromatic rings. The maximum absolute atomic E-state index is 12.9. The molecule has 2 nitrogen and oxygen atoms in total. The fraction of sp³-hybridized carbons (Fsp3) is 0.182. The first-order chi connectivity index (χ1) is 7.28. The van der Waals surface area contributed by atoms with Gasteiger partial charge in [-0.25, -0.2) is 9.37 Å². The van der Waals surface area contributed by atoms with E-state index in [-0.39, 0.29) is 5.82 Å². The lowest BCUT2D eigenvalue weighted by Gasteiger charge is -1.97. The fourth-order valence-electron chi connectivity index (χ4n) is 1.37. The molecule has 1 aromatic heterocycles. The number of nitrogens with two attached hydrogens (primary N) is 1. The van der Waals surface area contributed by atoms with Crippen LogP contribution in [-0.4, -0.2) is 4.98 Å². The van der Waals surface area contributed by atoms with Crippen molar-refractivity contribution in [3.8, 4) is 0 Å². The highest BCUT2D eigenvalue weighted by atomic mass is 32.1. The minimum atomic E-state index is -0.198. The summed E-state index contributed by atoms with van der Waals surface area (Å²) in [5.74, 6) is -0.198. The van der Waals surface area contributed by atoms with Gasteiger partial charge in [-0.2, -0.15) is 0 Å². The molecule has 0 aliphatic heterocycles. The van der Waals surface area contributed by atoms with E-state index in [9.17, 15) is 4.39 Å². The second kappa shape index (κ2) is 4.51. The molecule has 1 heterocycles. The van der Waals surface area contributed by atoms with Crippen LogP contribution < -0.4 is 5.73 Å². The maximum atomic E-state index is 12.9. The number of hydrogen-bond donors (Lipinski definition) is 1. The Labute approximate surface area is 91.6 Å². The first-order valence-electron chi connectivity index (χ1n) is 4.66. The second-order valence-corrected chi connectivity index (χ2v) is 4.43. The minimum absolute atomic E-state index is 0.198. The number of rotatable bonds is 3. The molecule has 0 unspecified atom stereocenters. The van der Waals surface area contributed by atoms with Gasteiger partial charge in [0.25, 0.3) is 0 Å². The average Bonchev–Trinajstić information content (AvgIpc) is 2.65. The standard InChI is InChI=1S/C11H11FN2S/c12-9-3-1-2-8(4-9)5-10-7-14-11(6-13)15-10/h1-4,7H,5-6,13H2. The van der Waals surface area contributed by atoms with Crippen molar-refractivity contribution in [2.24, 2.45) is 5.73 Å². The van der Waals surface area contributed by atoms with Crippen LogP contribution in [0.3, 0.4) is 0 Å². The summed E-state index contributed by atoms with van der Waals surface area (Å²) in [5, 5.41) is 0.918. The summed E-state index contributed by atoms with van der Waals surface area (Å²) < 4.78 is 12.9. The van der Waals surface area contributed by atoms with E-state index in [1.165, 1.54) is 6.07 Å². The molecule has 78 valence electrons. The van der Waals surface area contributed by atoms with E-state index in [1.54, 1.807) is 29.7 Å². The van der Waals surface area contributed by atoms with Crippen molar-refractivity contribution in [1.29, 1.82) is 0 Å². The zero-order chi connectivity index (χ0) is 10.7. The Morgan fingerprint density at radius 3 is 2.93 bits per heavy atom. The minimum Gasteiger partial charge on any atom is -0.325 e. The maximum Gasteiger partial charge on any atom is 0.123 e. The third-order valence-corrected chi connectivity index (χ3v) is 3.06. The summed E-state index contributed by atoms with van der Waals surface area (Å²) in [6.07, 6.45) is 2.52. The van der Waals surface area contributed by atoms with Crippen LogP contribution in [-0.2, 0) is 13.0 Å². The van der Waals surface area contributed by atoms with Gasteiger partial charge < -0.3 is 5.73 Å². The number of thiazole rings is 1. The van der Waals surface area contributed by atoms with Gasteiger partial charge in [0, 0.05) is 24.0 Å². The molecule has 4 heteroatoms. The smallest absolute Gasteiger partial charge is 0.123 e. The molecular weight excluding hydrogens is 211 g/mol. The average molecular weight is 222 g/mol. The Balaban J connectivity index is 2.14. The van der Waals surface area contributed by atoms with Gasteiger partial charge in [-0.15, -0.1) is 11.3 Å². The Bertz CT molecular complexity index is 453. The molecule has 1 aromatic carbocycles. The van der Waals surface area contributed by atoms with Gasteiger partial charge in [-0.3, -0.25) is 0 Å². The normalized spacial score (nSPS) is 10.5. The van der Waals surface area contributed by atoms with Gasteiger partial charge in [-0.05, 0) is 17.7 Å². The van der Waals surface area contributed by atoms with Crippen molar-refractivity contribution < 1.29 is 4.39 Å². The van der Waals surface area contributed by atoms with Gasteiger partial charge in [0.1, 0.15) is 10.8 Å². The molecule has 0 fully saturated rings. The first-order valence-corrected chi connectivity index (χ1v) is 5.47. The van der Waals surface area contributed by atoms with E-state index in [0.717, 1.165) is 21.9 Å². The second-order valence-electron chi connectivity index (χ2n) is 3.23. The fourth-order valence-corrected chi connectivity index (χ4v) is 2.21. The lowest BCUT2D eigenvalue weighted by atomic mass is 10.1. The summed E-state index contributed by atoms with van der Waals surface area (Å²) in [4.78, 5) is 5.27. The molecule has 2 rings (SSSR count). The van der Waals surface area contributed by atoms with Crippen molar-refractivity contribution in [3.05, 3.63) is 51.7 Å². The summed E-state index contributed by atoms with van der Waals surface area (Å²) in [5.41, 5.74) is 6.43. The molecule has 0 aliphatic carbocycles. The molecule has 15 heavy (non-hydrogen) atoms. The predicted octanol–water partition coefficient (Wildman–Crippen LogP) is 2.33. The zero-order valence-corrected chi connectivity index (χ0v) is 8.93. The van der Waals surface area contributed by atoms with Crippen LogP contribution in [0, 0.1) is 5.82 Å². The quantitative estimate of drug-likeness (QED) is 0.865. The highest BCUT2D eigenvalue weighted by Crippen LogP contribution is 2.17. The van der Waals surface area contributed by atoms with Gasteiger partial charge in [0.05, 0.1) is 0 Å². The lowest BCUT2D eigenvalue weighted by Crippen LogP contribution is -1.93. The van der Waals surface area contributed by atoms with Crippen LogP contribution >= 0.6 is 11.3 Å². The summed E-state index contributed by atoms with van der Waals surface area (Å²) in [7, 11) is 0. The Kier molecular flexibility index (Phi) is 3.08. The summed E-state index contributed by atoms with van der Waals surface area (Å²) in [6, 6.07) is 6.61. The molecule has 0 bridgehead atoms. The van der Waals surface area contributed by atoms with Crippen LogP contribution in [0.2, 0.25) is 0 Å². The highest BCUT2D eigenvalue weighted by Gasteiger charge is 2.02. The van der Waals surface area contributed by atoms with E-state index in [4.69, 9.17) is 5.73 Å². The van der Waals surface area contributed by atoms with Gasteiger partial charge in [0.15, 0.2) is 0 Å². The number of hydrogen-bond acceptors (Lipinski definition) is 3. The topological polar surface area (TPSA) is 38.9 Å². The van der Waals surface area contributed by atoms with Crippen LogP contribution in [0.25, 0.3) is 0 Å². The van der Waals surface area contributed by atoms with Crippen molar-refractivity contribution in [2.75, 3.05) is 0 Å². The molecule has 0 spiro atoms. The molecule has 0 radical (unpaired) electrons. The molecule has 0 saturated heterocycles. The number of nitrogens with zero attached hydrogens (tertiary/aromatic N) is 1. The third-order valence-electron chi connectivity index (χ3n) is 2.04. The third kappa shape index (κ3) is 2.61. The van der Waals surface area contributed by atoms with E-state index in [1.807, 2.05) is 6.07 Å². The number of aromatic nitrogens is 1. The van der Waals surface area contributed by atoms with Crippen molar-refractivity contribution in [2.45, 2.75) is 13.0 Å². The van der Waals surface area contributed by atoms with E-state index < -0.39 is 0 Å². The zero-order valence-electron chi connectivity index (χ0n) is 8.11. The Morgan fingerprint density at radius 1 is 1.40 bits per heavy atom. The van der Waals surface area contributed by atoms with E-state index >= 15 is 0 Å². The van der Waals surface area contributed by atoms with Crippen molar-refractivity contribution >= 4 is 11.3 Å². The molecule has 2 N–H and O–H groups in total. The molecule has 0 atom stereocenters. The molecule has 0 aliphatic rings. The Morgan fingerprint density at radius 2 is 2.27 bits per heavy atom. The largest absolute Gasteiger partial charge is 0.325 e. The number of benzene rings is 1. The first kappa shape index (κ1) is 10.3. The summed E-state index contributed by atoms with van der Waals surface area (Å²) in [6.45, 7) is 0.466. The van der Waals surface area contributed by atoms with Crippen LogP contribution in [0.15, 0.2) is 30.5 Å². The van der Waals surface area contributed by atoms with Gasteiger partial charge >= 0.3 is 0 Å². The number of halogens is 1. The highest BCUT2D eigenvalue weighted by molar-refractivity contribution is 7.11. The van der Waals surface area contributed by atoms with Crippen LogP contribution in [0.4, 0.5) is 4.39 Å². The predicted molar refractivity (Wildman–Crippen MR) is 59.2 cm³/mol. The van der Waals surface area contributed by atoms with Gasteiger partial charge in [-0.1, -0.05) is 12.1 Å². The molecular formula is C11H11FN2S. The van der Waals surface area contributed by atoms with Crippen LogP contribution in [0.1, 0.15) is 15.4 Å². The van der Waals surface area contributed by atoms with Crippen molar-refractivity contribution in [3.63, 3.8) is 0 Å². The lowest BCUT2D eigenvalue weighted by molar-refractivity contribution is 0.626. The van der Waals surface area contributed by atoms with Crippen molar-refractivity contribution in [1.82, 2.24) is 4.98 Å². The van der Waals surface area contributed by atoms with E-state index in [2.05, 4.69) is 4.98 Å². The summed E-state index contributed by atoms with van der Waals surface area (Å²) >= 11 is 1.58. The SMILES string of the molecule is NCc1ncc(Cc2cccc(F)c2)s1. The van der Waals surface area contributed by atoms with E-state index in [0.29, 0.717) is 6.54 Å². The molecule has 0 amide bonds. The van der Waals surface area contributed by atoms with Gasteiger partial charge in [0.2, 0.25) is 0 Å².